The van der Waals surface area contributed by atoms with Crippen LogP contribution in [0.3, 0.4) is 0 Å². The van der Waals surface area contributed by atoms with Gasteiger partial charge in [-0.1, -0.05) is 95.5 Å². The molecule has 1 aliphatic rings. The predicted octanol–water partition coefficient (Wildman–Crippen LogP) is 3.60. The number of aliphatic hydroxyl groups excluding tert-OH is 2. The van der Waals surface area contributed by atoms with Gasteiger partial charge in [-0.05, 0) is 11.1 Å². The predicted molar refractivity (Wildman–Crippen MR) is 121 cm³/mol. The van der Waals surface area contributed by atoms with Crippen molar-refractivity contribution in [2.24, 2.45) is 0 Å². The lowest BCUT2D eigenvalue weighted by Gasteiger charge is -2.42. The van der Waals surface area contributed by atoms with Crippen LogP contribution in [0.5, 0.6) is 0 Å². The van der Waals surface area contributed by atoms with Crippen molar-refractivity contribution in [2.75, 3.05) is 6.61 Å². The molecule has 0 spiro atoms. The molecule has 2 aromatic rings. The SMILES string of the molecule is N=C(OC[C@H]1O[C@H](O)[C@H](OCc2ccccc2)[C@@H](OCc2ccccc2)[C@@H]1O)C(Cl)(Cl)Cl. The van der Waals surface area contributed by atoms with Crippen molar-refractivity contribution in [3.05, 3.63) is 71.8 Å². The average Bonchev–Trinajstić information content (AvgIpc) is 2.78. The highest BCUT2D eigenvalue weighted by atomic mass is 35.6. The number of alkyl halides is 3. The van der Waals surface area contributed by atoms with Gasteiger partial charge in [-0.2, -0.15) is 0 Å². The fraction of sp³-hybridized carbons (Fsp3) is 0.409. The molecule has 7 nitrogen and oxygen atoms in total. The molecule has 0 saturated carbocycles. The van der Waals surface area contributed by atoms with Crippen LogP contribution in [0.1, 0.15) is 11.1 Å². The first-order chi connectivity index (χ1) is 15.3. The number of rotatable bonds is 8. The molecule has 1 fully saturated rings. The molecule has 0 amide bonds. The smallest absolute Gasteiger partial charge is 0.265 e. The molecule has 0 unspecified atom stereocenters. The first-order valence-electron chi connectivity index (χ1n) is 9.87. The van der Waals surface area contributed by atoms with Gasteiger partial charge in [0.25, 0.3) is 3.79 Å². The summed E-state index contributed by atoms with van der Waals surface area (Å²) in [6.45, 7) is 0.0303. The fourth-order valence-electron chi connectivity index (χ4n) is 3.19. The molecule has 1 heterocycles. The van der Waals surface area contributed by atoms with Gasteiger partial charge in [-0.3, -0.25) is 5.41 Å². The normalized spacial score (nSPS) is 26.0. The zero-order valence-corrected chi connectivity index (χ0v) is 19.2. The fourth-order valence-corrected chi connectivity index (χ4v) is 3.36. The molecule has 3 N–H and O–H groups in total. The molecule has 1 saturated heterocycles. The molecule has 10 heteroatoms. The Morgan fingerprint density at radius 1 is 0.875 bits per heavy atom. The number of halogens is 3. The first-order valence-corrected chi connectivity index (χ1v) is 11.0. The zero-order valence-electron chi connectivity index (χ0n) is 16.9. The van der Waals surface area contributed by atoms with Crippen molar-refractivity contribution in [3.63, 3.8) is 0 Å². The maximum atomic E-state index is 10.9. The number of hydrogen-bond donors (Lipinski definition) is 3. The van der Waals surface area contributed by atoms with E-state index in [2.05, 4.69) is 0 Å². The van der Waals surface area contributed by atoms with Gasteiger partial charge >= 0.3 is 0 Å². The van der Waals surface area contributed by atoms with Gasteiger partial charge in [0, 0.05) is 0 Å². The Hall–Kier alpha value is -1.42. The van der Waals surface area contributed by atoms with E-state index in [-0.39, 0.29) is 19.8 Å². The van der Waals surface area contributed by atoms with Crippen LogP contribution >= 0.6 is 34.8 Å². The standard InChI is InChI=1S/C22H24Cl3NO6/c23-22(24,25)21(26)31-13-16-17(27)18(29-11-14-7-3-1-4-8-14)19(20(28)32-16)30-12-15-9-5-2-6-10-15/h1-10,16-20,26-28H,11-13H2/t16-,17-,18+,19-,20+/m1/s1. The molecule has 1 aliphatic heterocycles. The minimum atomic E-state index is -2.05. The molecule has 174 valence electrons. The highest BCUT2D eigenvalue weighted by Crippen LogP contribution is 2.30. The van der Waals surface area contributed by atoms with Gasteiger partial charge in [-0.15, -0.1) is 0 Å². The number of benzene rings is 2. The average molecular weight is 505 g/mol. The summed E-state index contributed by atoms with van der Waals surface area (Å²) in [5, 5.41) is 29.2. The largest absolute Gasteiger partial charge is 0.475 e. The molecule has 32 heavy (non-hydrogen) atoms. The topological polar surface area (TPSA) is 101 Å². The molecule has 0 bridgehead atoms. The molecule has 3 rings (SSSR count). The molecule has 0 radical (unpaired) electrons. The van der Waals surface area contributed by atoms with Gasteiger partial charge < -0.3 is 29.2 Å². The van der Waals surface area contributed by atoms with Crippen molar-refractivity contribution >= 4 is 40.7 Å². The summed E-state index contributed by atoms with van der Waals surface area (Å²) in [5.41, 5.74) is 1.77. The third-order valence-electron chi connectivity index (χ3n) is 4.86. The van der Waals surface area contributed by atoms with E-state index >= 15 is 0 Å². The van der Waals surface area contributed by atoms with Crippen molar-refractivity contribution in [2.45, 2.75) is 47.7 Å². The Labute approximate surface area is 201 Å². The van der Waals surface area contributed by atoms with Gasteiger partial charge in [-0.25, -0.2) is 0 Å². The zero-order chi connectivity index (χ0) is 23.1. The molecular weight excluding hydrogens is 481 g/mol. The summed E-state index contributed by atoms with van der Waals surface area (Å²) in [5.74, 6) is -0.628. The number of hydrogen-bond acceptors (Lipinski definition) is 7. The van der Waals surface area contributed by atoms with E-state index in [0.717, 1.165) is 11.1 Å². The van der Waals surface area contributed by atoms with E-state index in [0.29, 0.717) is 0 Å². The lowest BCUT2D eigenvalue weighted by atomic mass is 9.98. The maximum Gasteiger partial charge on any atom is 0.265 e. The van der Waals surface area contributed by atoms with Gasteiger partial charge in [0.05, 0.1) is 13.2 Å². The van der Waals surface area contributed by atoms with E-state index in [1.54, 1.807) is 0 Å². The molecule has 5 atom stereocenters. The van der Waals surface area contributed by atoms with Crippen LogP contribution in [-0.2, 0) is 32.2 Å². The number of nitrogens with one attached hydrogen (secondary N) is 1. The molecule has 2 aromatic carbocycles. The second kappa shape index (κ2) is 11.6. The van der Waals surface area contributed by atoms with E-state index in [4.69, 9.17) is 59.2 Å². The lowest BCUT2D eigenvalue weighted by molar-refractivity contribution is -0.306. The Kier molecular flexibility index (Phi) is 9.16. The summed E-state index contributed by atoms with van der Waals surface area (Å²) >= 11 is 16.9. The van der Waals surface area contributed by atoms with Crippen LogP contribution in [0.4, 0.5) is 0 Å². The number of aliphatic hydroxyl groups is 2. The minimum Gasteiger partial charge on any atom is -0.475 e. The lowest BCUT2D eigenvalue weighted by Crippen LogP contribution is -2.60. The third kappa shape index (κ3) is 7.04. The van der Waals surface area contributed by atoms with Gasteiger partial charge in [0.2, 0.25) is 5.90 Å². The maximum absolute atomic E-state index is 10.9. The van der Waals surface area contributed by atoms with Crippen molar-refractivity contribution in [1.29, 1.82) is 5.41 Å². The van der Waals surface area contributed by atoms with E-state index < -0.39 is 40.4 Å². The summed E-state index contributed by atoms with van der Waals surface area (Å²) in [6.07, 6.45) is -5.63. The van der Waals surface area contributed by atoms with Crippen LogP contribution in [0.25, 0.3) is 0 Å². The van der Waals surface area contributed by atoms with Crippen molar-refractivity contribution < 1.29 is 29.2 Å². The van der Waals surface area contributed by atoms with Crippen LogP contribution in [0.2, 0.25) is 0 Å². The van der Waals surface area contributed by atoms with Crippen LogP contribution in [-0.4, -0.2) is 57.2 Å². The Morgan fingerprint density at radius 3 is 1.88 bits per heavy atom. The molecule has 0 aromatic heterocycles. The number of ether oxygens (including phenoxy) is 4. The third-order valence-corrected chi connectivity index (χ3v) is 5.37. The highest BCUT2D eigenvalue weighted by Gasteiger charge is 2.47. The monoisotopic (exact) mass is 503 g/mol. The van der Waals surface area contributed by atoms with Gasteiger partial charge in [0.15, 0.2) is 6.29 Å². The first kappa shape index (κ1) is 25.2. The summed E-state index contributed by atoms with van der Waals surface area (Å²) in [4.78, 5) is 0. The van der Waals surface area contributed by atoms with E-state index in [1.807, 2.05) is 60.7 Å². The van der Waals surface area contributed by atoms with Crippen LogP contribution < -0.4 is 0 Å². The van der Waals surface area contributed by atoms with Gasteiger partial charge in [0.1, 0.15) is 31.0 Å². The Balaban J connectivity index is 1.70. The summed E-state index contributed by atoms with van der Waals surface area (Å²) in [6, 6.07) is 18.8. The van der Waals surface area contributed by atoms with E-state index in [9.17, 15) is 10.2 Å². The quantitative estimate of drug-likeness (QED) is 0.288. The van der Waals surface area contributed by atoms with Crippen molar-refractivity contribution in [1.82, 2.24) is 0 Å². The highest BCUT2D eigenvalue weighted by molar-refractivity contribution is 6.76. The second-order valence-corrected chi connectivity index (χ2v) is 9.50. The Bertz CT molecular complexity index is 852. The summed E-state index contributed by atoms with van der Waals surface area (Å²) in [7, 11) is 0. The van der Waals surface area contributed by atoms with Crippen LogP contribution in [0.15, 0.2) is 60.7 Å². The Morgan fingerprint density at radius 2 is 1.38 bits per heavy atom. The van der Waals surface area contributed by atoms with Crippen LogP contribution in [0, 0.1) is 5.41 Å². The van der Waals surface area contributed by atoms with Crippen molar-refractivity contribution in [3.8, 4) is 0 Å². The minimum absolute atomic E-state index is 0.179. The molecular formula is C22H24Cl3NO6. The molecule has 0 aliphatic carbocycles. The summed E-state index contributed by atoms with van der Waals surface area (Å²) < 4.78 is 20.4. The second-order valence-electron chi connectivity index (χ2n) is 7.22. The van der Waals surface area contributed by atoms with E-state index in [1.165, 1.54) is 0 Å².